The second-order valence-corrected chi connectivity index (χ2v) is 5.09. The lowest BCUT2D eigenvalue weighted by atomic mass is 10.1. The summed E-state index contributed by atoms with van der Waals surface area (Å²) in [6.07, 6.45) is 0.149. The van der Waals surface area contributed by atoms with E-state index in [1.807, 2.05) is 11.9 Å². The Kier molecular flexibility index (Phi) is 6.10. The third-order valence-corrected chi connectivity index (χ3v) is 3.13. The zero-order valence-corrected chi connectivity index (χ0v) is 12.8. The zero-order chi connectivity index (χ0) is 15.3. The van der Waals surface area contributed by atoms with Crippen LogP contribution in [0.15, 0.2) is 12.1 Å². The van der Waals surface area contributed by atoms with Crippen molar-refractivity contribution in [2.75, 3.05) is 30.8 Å². The van der Waals surface area contributed by atoms with Gasteiger partial charge < -0.3 is 20.5 Å². The summed E-state index contributed by atoms with van der Waals surface area (Å²) in [6, 6.07) is 3.15. The molecule has 0 spiro atoms. The Morgan fingerprint density at radius 1 is 1.55 bits per heavy atom. The van der Waals surface area contributed by atoms with Crippen LogP contribution in [0, 0.1) is 0 Å². The third-order valence-electron chi connectivity index (χ3n) is 2.85. The van der Waals surface area contributed by atoms with Crippen LogP contribution in [-0.2, 0) is 4.74 Å². The first kappa shape index (κ1) is 16.6. The Morgan fingerprint density at radius 2 is 2.20 bits per heavy atom. The Morgan fingerprint density at radius 3 is 2.75 bits per heavy atom. The number of aliphatic hydroxyl groups excluding tert-OH is 1. The monoisotopic (exact) mass is 300 g/mol. The lowest BCUT2D eigenvalue weighted by Crippen LogP contribution is -2.24. The molecule has 0 amide bonds. The molecule has 20 heavy (non-hydrogen) atoms. The number of halogens is 1. The van der Waals surface area contributed by atoms with E-state index in [-0.39, 0.29) is 6.61 Å². The number of benzene rings is 1. The molecule has 0 bridgehead atoms. The highest BCUT2D eigenvalue weighted by Gasteiger charge is 2.20. The fourth-order valence-electron chi connectivity index (χ4n) is 1.86. The number of hydrogen-bond acceptors (Lipinski definition) is 5. The lowest BCUT2D eigenvalue weighted by molar-refractivity contribution is 0.0527. The maximum Gasteiger partial charge on any atom is 0.340 e. The van der Waals surface area contributed by atoms with Gasteiger partial charge in [0.25, 0.3) is 0 Å². The maximum atomic E-state index is 12.0. The standard InChI is InChI=1S/C14H21ClN2O3/c1-4-20-14(19)11-7-10(16)8-12(15)13(11)17(3)6-5-9(2)18/h7-9,18H,4-6,16H2,1-3H3. The molecule has 0 heterocycles. The van der Waals surface area contributed by atoms with Crippen molar-refractivity contribution in [2.45, 2.75) is 26.4 Å². The second-order valence-electron chi connectivity index (χ2n) is 4.68. The van der Waals surface area contributed by atoms with Crippen LogP contribution in [-0.4, -0.2) is 37.4 Å². The number of hydrogen-bond donors (Lipinski definition) is 2. The molecule has 0 aliphatic carbocycles. The number of anilines is 2. The van der Waals surface area contributed by atoms with Crippen LogP contribution < -0.4 is 10.6 Å². The molecule has 6 heteroatoms. The van der Waals surface area contributed by atoms with Crippen LogP contribution in [0.5, 0.6) is 0 Å². The number of carbonyl (C=O) groups is 1. The van der Waals surface area contributed by atoms with Crippen molar-refractivity contribution in [3.05, 3.63) is 22.7 Å². The summed E-state index contributed by atoms with van der Waals surface area (Å²) in [5, 5.41) is 9.74. The van der Waals surface area contributed by atoms with Crippen LogP contribution in [0.25, 0.3) is 0 Å². The van der Waals surface area contributed by atoms with E-state index in [4.69, 9.17) is 22.1 Å². The lowest BCUT2D eigenvalue weighted by Gasteiger charge is -2.24. The topological polar surface area (TPSA) is 75.8 Å². The minimum atomic E-state index is -0.458. The van der Waals surface area contributed by atoms with Crippen molar-refractivity contribution in [1.82, 2.24) is 0 Å². The smallest absolute Gasteiger partial charge is 0.340 e. The second kappa shape index (κ2) is 7.36. The summed E-state index contributed by atoms with van der Waals surface area (Å²) in [5.41, 5.74) is 7.05. The first-order valence-electron chi connectivity index (χ1n) is 6.52. The Bertz CT molecular complexity index is 478. The van der Waals surface area contributed by atoms with Gasteiger partial charge in [-0.05, 0) is 32.4 Å². The van der Waals surface area contributed by atoms with Gasteiger partial charge in [-0.2, -0.15) is 0 Å². The van der Waals surface area contributed by atoms with Gasteiger partial charge >= 0.3 is 5.97 Å². The quantitative estimate of drug-likeness (QED) is 0.623. The zero-order valence-electron chi connectivity index (χ0n) is 12.0. The minimum absolute atomic E-state index is 0.280. The summed E-state index contributed by atoms with van der Waals surface area (Å²) < 4.78 is 5.03. The van der Waals surface area contributed by atoms with Gasteiger partial charge in [0, 0.05) is 19.3 Å². The van der Waals surface area contributed by atoms with Crippen molar-refractivity contribution in [1.29, 1.82) is 0 Å². The van der Waals surface area contributed by atoms with Crippen molar-refractivity contribution >= 4 is 28.9 Å². The molecule has 0 aliphatic rings. The number of carbonyl (C=O) groups excluding carboxylic acids is 1. The molecule has 1 unspecified atom stereocenters. The van der Waals surface area contributed by atoms with Gasteiger partial charge in [0.05, 0.1) is 29.0 Å². The number of esters is 1. The van der Waals surface area contributed by atoms with Gasteiger partial charge in [-0.1, -0.05) is 11.6 Å². The van der Waals surface area contributed by atoms with E-state index in [0.717, 1.165) is 0 Å². The highest BCUT2D eigenvalue weighted by Crippen LogP contribution is 2.32. The van der Waals surface area contributed by atoms with E-state index in [1.165, 1.54) is 0 Å². The van der Waals surface area contributed by atoms with E-state index < -0.39 is 12.1 Å². The Hall–Kier alpha value is -1.46. The van der Waals surface area contributed by atoms with Crippen LogP contribution >= 0.6 is 11.6 Å². The molecule has 0 aromatic heterocycles. The Balaban J connectivity index is 3.12. The van der Waals surface area contributed by atoms with E-state index in [0.29, 0.717) is 34.9 Å². The Labute approximate surface area is 124 Å². The molecule has 1 aromatic rings. The van der Waals surface area contributed by atoms with Crippen molar-refractivity contribution in [3.63, 3.8) is 0 Å². The van der Waals surface area contributed by atoms with Crippen molar-refractivity contribution in [2.24, 2.45) is 0 Å². The summed E-state index contributed by atoms with van der Waals surface area (Å²) in [6.45, 7) is 4.29. The molecule has 112 valence electrons. The van der Waals surface area contributed by atoms with Gasteiger partial charge in [0.2, 0.25) is 0 Å². The highest BCUT2D eigenvalue weighted by molar-refractivity contribution is 6.34. The highest BCUT2D eigenvalue weighted by atomic mass is 35.5. The van der Waals surface area contributed by atoms with Crippen LogP contribution in [0.2, 0.25) is 5.02 Å². The number of nitrogen functional groups attached to an aromatic ring is 1. The summed E-state index contributed by atoms with van der Waals surface area (Å²) in [4.78, 5) is 13.8. The van der Waals surface area contributed by atoms with Gasteiger partial charge in [0.15, 0.2) is 0 Å². The SMILES string of the molecule is CCOC(=O)c1cc(N)cc(Cl)c1N(C)CCC(C)O. The van der Waals surface area contributed by atoms with Gasteiger partial charge in [-0.3, -0.25) is 0 Å². The molecule has 1 aromatic carbocycles. The van der Waals surface area contributed by atoms with Crippen molar-refractivity contribution in [3.8, 4) is 0 Å². The van der Waals surface area contributed by atoms with Crippen molar-refractivity contribution < 1.29 is 14.6 Å². The minimum Gasteiger partial charge on any atom is -0.462 e. The van der Waals surface area contributed by atoms with E-state index >= 15 is 0 Å². The maximum absolute atomic E-state index is 12.0. The molecule has 0 radical (unpaired) electrons. The molecule has 5 nitrogen and oxygen atoms in total. The van der Waals surface area contributed by atoms with E-state index in [9.17, 15) is 9.90 Å². The summed E-state index contributed by atoms with van der Waals surface area (Å²) in [5.74, 6) is -0.458. The first-order valence-corrected chi connectivity index (χ1v) is 6.90. The number of rotatable bonds is 6. The fraction of sp³-hybridized carbons (Fsp3) is 0.500. The molecule has 1 rings (SSSR count). The number of nitrogens with zero attached hydrogens (tertiary/aromatic N) is 1. The van der Waals surface area contributed by atoms with E-state index in [2.05, 4.69) is 0 Å². The van der Waals surface area contributed by atoms with Crippen LogP contribution in [0.4, 0.5) is 11.4 Å². The molecule has 0 aliphatic heterocycles. The molecular weight excluding hydrogens is 280 g/mol. The molecule has 0 saturated heterocycles. The molecule has 3 N–H and O–H groups in total. The number of aliphatic hydroxyl groups is 1. The summed E-state index contributed by atoms with van der Waals surface area (Å²) in [7, 11) is 1.81. The first-order chi connectivity index (χ1) is 9.36. The predicted octanol–water partition coefficient (Wildman–Crippen LogP) is 2.31. The molecule has 0 saturated carbocycles. The van der Waals surface area contributed by atoms with Crippen LogP contribution in [0.3, 0.4) is 0 Å². The van der Waals surface area contributed by atoms with Gasteiger partial charge in [-0.15, -0.1) is 0 Å². The fourth-order valence-corrected chi connectivity index (χ4v) is 2.24. The normalized spacial score (nSPS) is 12.1. The molecular formula is C14H21ClN2O3. The molecule has 0 fully saturated rings. The van der Waals surface area contributed by atoms with Gasteiger partial charge in [0.1, 0.15) is 0 Å². The van der Waals surface area contributed by atoms with Crippen LogP contribution in [0.1, 0.15) is 30.6 Å². The average Bonchev–Trinajstić information content (AvgIpc) is 2.35. The average molecular weight is 301 g/mol. The van der Waals surface area contributed by atoms with Gasteiger partial charge in [-0.25, -0.2) is 4.79 Å². The number of nitrogens with two attached hydrogens (primary N) is 1. The van der Waals surface area contributed by atoms with E-state index in [1.54, 1.807) is 26.0 Å². The molecule has 1 atom stereocenters. The largest absolute Gasteiger partial charge is 0.462 e. The third kappa shape index (κ3) is 4.28. The predicted molar refractivity (Wildman–Crippen MR) is 81.4 cm³/mol. The summed E-state index contributed by atoms with van der Waals surface area (Å²) >= 11 is 6.20. The number of ether oxygens (including phenoxy) is 1.